The van der Waals surface area contributed by atoms with Crippen LogP contribution in [0.25, 0.3) is 0 Å². The highest BCUT2D eigenvalue weighted by Gasteiger charge is 2.36. The number of methoxy groups -OCH3 is 1. The largest absolute Gasteiger partial charge is 0.468 e. The minimum Gasteiger partial charge on any atom is -0.468 e. The van der Waals surface area contributed by atoms with Gasteiger partial charge in [0.25, 0.3) is 0 Å². The van der Waals surface area contributed by atoms with E-state index >= 15 is 0 Å². The fourth-order valence-electron chi connectivity index (χ4n) is 2.28. The molecule has 1 atom stereocenters. The van der Waals surface area contributed by atoms with E-state index in [1.165, 1.54) is 7.11 Å². The highest BCUT2D eigenvalue weighted by molar-refractivity contribution is 5.75. The molecule has 2 N–H and O–H groups in total. The summed E-state index contributed by atoms with van der Waals surface area (Å²) < 4.78 is 10.1. The lowest BCUT2D eigenvalue weighted by Gasteiger charge is -2.39. The molecule has 1 aliphatic rings. The maximum Gasteiger partial charge on any atom is 0.322 e. The van der Waals surface area contributed by atoms with Gasteiger partial charge in [-0.15, -0.1) is 0 Å². The van der Waals surface area contributed by atoms with Gasteiger partial charge in [0.15, 0.2) is 0 Å². The number of esters is 1. The number of carbonyl (C=O) groups excluding carboxylic acids is 1. The number of hydrogen-bond acceptors (Lipinski definition) is 5. The minimum atomic E-state index is -0.398. The van der Waals surface area contributed by atoms with Gasteiger partial charge in [-0.1, -0.05) is 19.8 Å². The van der Waals surface area contributed by atoms with Crippen molar-refractivity contribution >= 4 is 5.97 Å². The Bertz CT molecular complexity index is 251. The van der Waals surface area contributed by atoms with Gasteiger partial charge in [-0.3, -0.25) is 10.1 Å². The maximum atomic E-state index is 11.8. The van der Waals surface area contributed by atoms with Crippen LogP contribution in [0.2, 0.25) is 0 Å². The van der Waals surface area contributed by atoms with Crippen LogP contribution in [0.4, 0.5) is 0 Å². The number of ether oxygens (including phenoxy) is 2. The third-order valence-corrected chi connectivity index (χ3v) is 3.57. The number of nitrogens with one attached hydrogen (secondary N) is 1. The summed E-state index contributed by atoms with van der Waals surface area (Å²) in [5.41, 5.74) is -0.398. The molecule has 5 nitrogen and oxygen atoms in total. The Morgan fingerprint density at radius 1 is 1.50 bits per heavy atom. The lowest BCUT2D eigenvalue weighted by Crippen LogP contribution is -2.58. The van der Waals surface area contributed by atoms with Gasteiger partial charge in [0.05, 0.1) is 13.7 Å². The first-order valence-corrected chi connectivity index (χ1v) is 6.71. The van der Waals surface area contributed by atoms with Crippen LogP contribution in [0.1, 0.15) is 39.0 Å². The predicted molar refractivity (Wildman–Crippen MR) is 68.3 cm³/mol. The van der Waals surface area contributed by atoms with Crippen LogP contribution in [0.3, 0.4) is 0 Å². The van der Waals surface area contributed by atoms with Gasteiger partial charge in [0.2, 0.25) is 0 Å². The van der Waals surface area contributed by atoms with E-state index in [1.54, 1.807) is 0 Å². The molecule has 1 unspecified atom stereocenters. The number of rotatable bonds is 7. The van der Waals surface area contributed by atoms with Gasteiger partial charge in [0.1, 0.15) is 6.04 Å². The van der Waals surface area contributed by atoms with Gasteiger partial charge in [-0.25, -0.2) is 0 Å². The summed E-state index contributed by atoms with van der Waals surface area (Å²) in [7, 11) is 1.40. The summed E-state index contributed by atoms with van der Waals surface area (Å²) >= 11 is 0. The zero-order valence-electron chi connectivity index (χ0n) is 11.4. The number of aliphatic hydroxyl groups excluding tert-OH is 1. The molecule has 0 radical (unpaired) electrons. The second-order valence-electron chi connectivity index (χ2n) is 4.91. The van der Waals surface area contributed by atoms with Crippen LogP contribution in [-0.2, 0) is 14.3 Å². The van der Waals surface area contributed by atoms with Crippen LogP contribution in [0.15, 0.2) is 0 Å². The smallest absolute Gasteiger partial charge is 0.322 e. The van der Waals surface area contributed by atoms with Crippen molar-refractivity contribution in [3.8, 4) is 0 Å². The van der Waals surface area contributed by atoms with Crippen LogP contribution in [-0.4, -0.2) is 49.6 Å². The van der Waals surface area contributed by atoms with E-state index in [4.69, 9.17) is 9.47 Å². The summed E-state index contributed by atoms with van der Waals surface area (Å²) in [5, 5.41) is 12.9. The Kier molecular flexibility index (Phi) is 6.60. The second-order valence-corrected chi connectivity index (χ2v) is 4.91. The summed E-state index contributed by atoms with van der Waals surface area (Å²) in [5.74, 6) is -0.247. The first kappa shape index (κ1) is 15.4. The van der Waals surface area contributed by atoms with Crippen LogP contribution in [0, 0.1) is 0 Å². The topological polar surface area (TPSA) is 67.8 Å². The van der Waals surface area contributed by atoms with Gasteiger partial charge >= 0.3 is 5.97 Å². The van der Waals surface area contributed by atoms with Crippen LogP contribution < -0.4 is 5.32 Å². The van der Waals surface area contributed by atoms with E-state index in [1.807, 2.05) is 0 Å². The van der Waals surface area contributed by atoms with E-state index in [2.05, 4.69) is 12.2 Å². The monoisotopic (exact) mass is 259 g/mol. The fraction of sp³-hybridized carbons (Fsp3) is 0.923. The summed E-state index contributed by atoms with van der Waals surface area (Å²) in [6.45, 7) is 3.35. The van der Waals surface area contributed by atoms with Gasteiger partial charge in [-0.05, 0) is 19.3 Å². The molecule has 0 aliphatic carbocycles. The molecule has 1 heterocycles. The molecular formula is C13H25NO4. The third kappa shape index (κ3) is 4.23. The molecule has 0 spiro atoms. The van der Waals surface area contributed by atoms with Crippen molar-refractivity contribution in [2.75, 3.05) is 26.9 Å². The normalized spacial score (nSPS) is 20.4. The molecule has 0 aromatic heterocycles. The standard InChI is InChI=1S/C13H25NO4/c1-3-4-5-11(12(16)17-2)14-13(10-15)6-8-18-9-7-13/h11,14-15H,3-10H2,1-2H3. The molecule has 0 saturated carbocycles. The Labute approximate surface area is 109 Å². The lowest BCUT2D eigenvalue weighted by molar-refractivity contribution is -0.144. The van der Waals surface area contributed by atoms with E-state index < -0.39 is 5.54 Å². The van der Waals surface area contributed by atoms with Crippen molar-refractivity contribution in [1.82, 2.24) is 5.32 Å². The van der Waals surface area contributed by atoms with Crippen molar-refractivity contribution < 1.29 is 19.4 Å². The van der Waals surface area contributed by atoms with Gasteiger partial charge in [-0.2, -0.15) is 0 Å². The van der Waals surface area contributed by atoms with Crippen LogP contribution >= 0.6 is 0 Å². The summed E-state index contributed by atoms with van der Waals surface area (Å²) in [6, 6.07) is -0.333. The first-order valence-electron chi connectivity index (χ1n) is 6.71. The van der Waals surface area contributed by atoms with Gasteiger partial charge in [0, 0.05) is 18.8 Å². The van der Waals surface area contributed by atoms with Crippen molar-refractivity contribution in [2.24, 2.45) is 0 Å². The Balaban J connectivity index is 2.63. The quantitative estimate of drug-likeness (QED) is 0.663. The maximum absolute atomic E-state index is 11.8. The van der Waals surface area contributed by atoms with E-state index in [-0.39, 0.29) is 18.6 Å². The first-order chi connectivity index (χ1) is 8.67. The lowest BCUT2D eigenvalue weighted by atomic mass is 9.89. The van der Waals surface area contributed by atoms with Gasteiger partial charge < -0.3 is 14.6 Å². The zero-order valence-corrected chi connectivity index (χ0v) is 11.4. The zero-order chi connectivity index (χ0) is 13.4. The number of aliphatic hydroxyl groups is 1. The Morgan fingerprint density at radius 2 is 2.17 bits per heavy atom. The van der Waals surface area contributed by atoms with Crippen molar-refractivity contribution in [2.45, 2.75) is 50.6 Å². The van der Waals surface area contributed by atoms with E-state index in [9.17, 15) is 9.90 Å². The third-order valence-electron chi connectivity index (χ3n) is 3.57. The number of carbonyl (C=O) groups is 1. The average molecular weight is 259 g/mol. The number of unbranched alkanes of at least 4 members (excludes halogenated alkanes) is 1. The molecule has 106 valence electrons. The summed E-state index contributed by atoms with van der Waals surface area (Å²) in [4.78, 5) is 11.8. The fourth-order valence-corrected chi connectivity index (χ4v) is 2.28. The SMILES string of the molecule is CCCCC(NC1(CO)CCOCC1)C(=O)OC. The molecule has 0 aromatic rings. The second kappa shape index (κ2) is 7.71. The van der Waals surface area contributed by atoms with Crippen LogP contribution in [0.5, 0.6) is 0 Å². The van der Waals surface area contributed by atoms with Crippen molar-refractivity contribution in [3.63, 3.8) is 0 Å². The summed E-state index contributed by atoms with van der Waals surface area (Å²) in [6.07, 6.45) is 4.19. The highest BCUT2D eigenvalue weighted by Crippen LogP contribution is 2.22. The highest BCUT2D eigenvalue weighted by atomic mass is 16.5. The molecule has 0 aromatic carbocycles. The average Bonchev–Trinajstić information content (AvgIpc) is 2.43. The molecule has 1 fully saturated rings. The van der Waals surface area contributed by atoms with E-state index in [0.29, 0.717) is 13.2 Å². The van der Waals surface area contributed by atoms with Crippen molar-refractivity contribution in [3.05, 3.63) is 0 Å². The molecule has 0 bridgehead atoms. The molecule has 18 heavy (non-hydrogen) atoms. The van der Waals surface area contributed by atoms with Crippen molar-refractivity contribution in [1.29, 1.82) is 0 Å². The Morgan fingerprint density at radius 3 is 2.67 bits per heavy atom. The van der Waals surface area contributed by atoms with E-state index in [0.717, 1.165) is 32.1 Å². The molecular weight excluding hydrogens is 234 g/mol. The predicted octanol–water partition coefficient (Wildman–Crippen LogP) is 0.849. The molecule has 0 amide bonds. The molecule has 5 heteroatoms. The molecule has 1 saturated heterocycles. The molecule has 1 aliphatic heterocycles. The molecule has 1 rings (SSSR count). The minimum absolute atomic E-state index is 0.0238. The Hall–Kier alpha value is -0.650. The number of hydrogen-bond donors (Lipinski definition) is 2.